The van der Waals surface area contributed by atoms with Gasteiger partial charge in [0.1, 0.15) is 0 Å². The maximum absolute atomic E-state index is 13.0. The molecule has 3 saturated carbocycles. The number of methoxy groups -OCH3 is 1. The number of amides is 2. The molecule has 34 heavy (non-hydrogen) atoms. The molecule has 0 aromatic rings. The highest BCUT2D eigenvalue weighted by Gasteiger charge is 2.38. The number of nitrogens with one attached hydrogen (secondary N) is 1. The van der Waals surface area contributed by atoms with Crippen LogP contribution in [-0.4, -0.2) is 68.5 Å². The van der Waals surface area contributed by atoms with Gasteiger partial charge >= 0.3 is 0 Å². The first-order valence-corrected chi connectivity index (χ1v) is 14.5. The summed E-state index contributed by atoms with van der Waals surface area (Å²) in [7, 11) is -1.36. The van der Waals surface area contributed by atoms with Crippen LogP contribution in [-0.2, 0) is 24.2 Å². The maximum Gasteiger partial charge on any atom is 0.228 e. The lowest BCUT2D eigenvalue weighted by atomic mass is 9.82. The number of hydrogen-bond acceptors (Lipinski definition) is 5. The lowest BCUT2D eigenvalue weighted by Gasteiger charge is -2.37. The molecule has 0 aliphatic heterocycles. The highest BCUT2D eigenvalue weighted by molar-refractivity contribution is 7.92. The lowest BCUT2D eigenvalue weighted by Crippen LogP contribution is -2.49. The van der Waals surface area contributed by atoms with E-state index in [2.05, 4.69) is 18.5 Å². The number of hydrogen-bond donors (Lipinski definition) is 1. The molecule has 0 radical (unpaired) electrons. The van der Waals surface area contributed by atoms with Crippen molar-refractivity contribution in [3.63, 3.8) is 0 Å². The Morgan fingerprint density at radius 2 is 1.59 bits per heavy atom. The van der Waals surface area contributed by atoms with Gasteiger partial charge in [0.15, 0.2) is 9.84 Å². The van der Waals surface area contributed by atoms with E-state index in [1.807, 2.05) is 0 Å². The van der Waals surface area contributed by atoms with E-state index in [0.717, 1.165) is 32.1 Å². The van der Waals surface area contributed by atoms with Crippen LogP contribution in [0.3, 0.4) is 0 Å². The summed E-state index contributed by atoms with van der Waals surface area (Å²) in [6.07, 6.45) is 10.7. The Kier molecular flexibility index (Phi) is 9.77. The fourth-order valence-corrected chi connectivity index (χ4v) is 7.85. The molecule has 192 valence electrons. The molecule has 3 atom stereocenters. The van der Waals surface area contributed by atoms with E-state index in [1.165, 1.54) is 0 Å². The molecule has 0 aromatic heterocycles. The van der Waals surface area contributed by atoms with E-state index in [1.54, 1.807) is 24.2 Å². The van der Waals surface area contributed by atoms with Crippen molar-refractivity contribution in [2.24, 2.45) is 17.8 Å². The molecule has 2 amide bonds. The number of nitrogens with zero attached hydrogens (tertiary/aromatic N) is 1. The Labute approximate surface area is 205 Å². The van der Waals surface area contributed by atoms with Gasteiger partial charge in [-0.05, 0) is 69.6 Å². The van der Waals surface area contributed by atoms with Gasteiger partial charge in [-0.3, -0.25) is 9.59 Å². The summed E-state index contributed by atoms with van der Waals surface area (Å²) >= 11 is 0. The molecule has 0 saturated heterocycles. The number of sulfone groups is 1. The smallest absolute Gasteiger partial charge is 0.228 e. The zero-order valence-corrected chi connectivity index (χ0v) is 21.4. The van der Waals surface area contributed by atoms with Gasteiger partial charge in [0.05, 0.1) is 23.0 Å². The molecule has 1 N–H and O–H groups in total. The van der Waals surface area contributed by atoms with Crippen LogP contribution in [0.4, 0.5) is 0 Å². The molecule has 0 aromatic carbocycles. The highest BCUT2D eigenvalue weighted by atomic mass is 32.2. The zero-order valence-electron chi connectivity index (χ0n) is 20.6. The number of carbonyl (C=O) groups excluding carboxylic acids is 2. The van der Waals surface area contributed by atoms with Gasteiger partial charge < -0.3 is 15.0 Å². The summed E-state index contributed by atoms with van der Waals surface area (Å²) in [5, 5.41) is 2.93. The summed E-state index contributed by atoms with van der Waals surface area (Å²) in [6, 6.07) is -0.0102. The van der Waals surface area contributed by atoms with Crippen molar-refractivity contribution in [2.75, 3.05) is 26.0 Å². The average molecular weight is 495 g/mol. The molecule has 3 rings (SSSR count). The summed E-state index contributed by atoms with van der Waals surface area (Å²) in [6.45, 7) is 8.42. The minimum absolute atomic E-state index is 0.0102. The monoisotopic (exact) mass is 494 g/mol. The first-order valence-electron chi connectivity index (χ1n) is 12.8. The Hall–Kier alpha value is -1.67. The summed E-state index contributed by atoms with van der Waals surface area (Å²) in [5.41, 5.74) is 0. The van der Waals surface area contributed by atoms with Crippen molar-refractivity contribution in [1.82, 2.24) is 10.2 Å². The van der Waals surface area contributed by atoms with Crippen LogP contribution >= 0.6 is 0 Å². The molecule has 3 aliphatic rings. The summed E-state index contributed by atoms with van der Waals surface area (Å²) in [4.78, 5) is 27.5. The van der Waals surface area contributed by atoms with Gasteiger partial charge in [0.25, 0.3) is 0 Å². The van der Waals surface area contributed by atoms with E-state index in [0.29, 0.717) is 56.9 Å². The van der Waals surface area contributed by atoms with Gasteiger partial charge in [0.2, 0.25) is 11.8 Å². The number of rotatable bonds is 12. The van der Waals surface area contributed by atoms with E-state index < -0.39 is 9.84 Å². The Morgan fingerprint density at radius 1 is 0.971 bits per heavy atom. The molecule has 3 aliphatic carbocycles. The van der Waals surface area contributed by atoms with E-state index in [-0.39, 0.29) is 41.0 Å². The predicted molar refractivity (Wildman–Crippen MR) is 134 cm³/mol. The van der Waals surface area contributed by atoms with E-state index in [4.69, 9.17) is 4.74 Å². The molecule has 0 heterocycles. The largest absolute Gasteiger partial charge is 0.381 e. The van der Waals surface area contributed by atoms with Crippen LogP contribution in [0.1, 0.15) is 64.2 Å². The molecule has 3 fully saturated rings. The maximum atomic E-state index is 13.0. The molecule has 0 spiro atoms. The normalized spacial score (nSPS) is 29.7. The summed E-state index contributed by atoms with van der Waals surface area (Å²) < 4.78 is 30.8. The fourth-order valence-electron chi connectivity index (χ4n) is 5.60. The quantitative estimate of drug-likeness (QED) is 0.421. The van der Waals surface area contributed by atoms with Gasteiger partial charge in [-0.25, -0.2) is 8.42 Å². The van der Waals surface area contributed by atoms with Crippen LogP contribution in [0.5, 0.6) is 0 Å². The minimum atomic E-state index is -2.99. The minimum Gasteiger partial charge on any atom is -0.381 e. The molecular weight excluding hydrogens is 452 g/mol. The number of ether oxygens (including phenoxy) is 1. The Balaban J connectivity index is 1.44. The van der Waals surface area contributed by atoms with Crippen molar-refractivity contribution >= 4 is 21.7 Å². The first-order chi connectivity index (χ1) is 16.3. The second-order valence-electron chi connectivity index (χ2n) is 10.4. The second kappa shape index (κ2) is 12.3. The number of carbonyl (C=O) groups is 2. The SMILES string of the molecule is C=CCN(CC=C)C(=O)C1CCC(NC(=O)CC2CCC(S(=O)(=O)CC3CC3)CC2)CC1OC. The van der Waals surface area contributed by atoms with Crippen LogP contribution in [0, 0.1) is 17.8 Å². The van der Waals surface area contributed by atoms with Crippen molar-refractivity contribution in [3.8, 4) is 0 Å². The molecule has 3 unspecified atom stereocenters. The topological polar surface area (TPSA) is 92.8 Å². The van der Waals surface area contributed by atoms with Gasteiger partial charge in [0, 0.05) is 32.7 Å². The van der Waals surface area contributed by atoms with Gasteiger partial charge in [-0.15, -0.1) is 13.2 Å². The molecular formula is C26H42N2O5S. The average Bonchev–Trinajstić information content (AvgIpc) is 3.62. The van der Waals surface area contributed by atoms with Crippen LogP contribution in [0.2, 0.25) is 0 Å². The molecule has 0 bridgehead atoms. The Morgan fingerprint density at radius 3 is 2.15 bits per heavy atom. The van der Waals surface area contributed by atoms with Crippen LogP contribution in [0.15, 0.2) is 25.3 Å². The van der Waals surface area contributed by atoms with Crippen molar-refractivity contribution in [2.45, 2.75) is 81.6 Å². The van der Waals surface area contributed by atoms with Gasteiger partial charge in [-0.1, -0.05) is 12.2 Å². The second-order valence-corrected chi connectivity index (χ2v) is 12.7. The van der Waals surface area contributed by atoms with E-state index >= 15 is 0 Å². The van der Waals surface area contributed by atoms with Crippen molar-refractivity contribution in [3.05, 3.63) is 25.3 Å². The third-order valence-electron chi connectivity index (χ3n) is 7.73. The van der Waals surface area contributed by atoms with Gasteiger partial charge in [-0.2, -0.15) is 0 Å². The van der Waals surface area contributed by atoms with Crippen molar-refractivity contribution < 1.29 is 22.7 Å². The zero-order chi connectivity index (χ0) is 24.7. The lowest BCUT2D eigenvalue weighted by molar-refractivity contribution is -0.141. The third-order valence-corrected chi connectivity index (χ3v) is 10.2. The molecule has 8 heteroatoms. The standard InChI is InChI=1S/C26H42N2O5S/c1-4-14-28(15-5-2)26(30)23-13-10-21(17-24(23)33-3)27-25(29)16-19-8-11-22(12-9-19)34(31,32)18-20-6-7-20/h4-5,19-24H,1-2,6-18H2,3H3,(H,27,29). The Bertz CT molecular complexity index is 820. The predicted octanol–water partition coefficient (Wildman–Crippen LogP) is 3.26. The third kappa shape index (κ3) is 7.41. The van der Waals surface area contributed by atoms with E-state index in [9.17, 15) is 18.0 Å². The van der Waals surface area contributed by atoms with Crippen LogP contribution in [0.25, 0.3) is 0 Å². The van der Waals surface area contributed by atoms with Crippen LogP contribution < -0.4 is 5.32 Å². The first kappa shape index (κ1) is 26.9. The highest BCUT2D eigenvalue weighted by Crippen LogP contribution is 2.36. The molecule has 7 nitrogen and oxygen atoms in total. The fraction of sp³-hybridized carbons (Fsp3) is 0.769. The van der Waals surface area contributed by atoms with Crippen molar-refractivity contribution in [1.29, 1.82) is 0 Å². The summed E-state index contributed by atoms with van der Waals surface area (Å²) in [5.74, 6) is 0.828.